The first-order valence-electron chi connectivity index (χ1n) is 10.4. The van der Waals surface area contributed by atoms with E-state index in [9.17, 15) is 0 Å². The van der Waals surface area contributed by atoms with E-state index >= 15 is 0 Å². The number of nitrogens with zero attached hydrogens (tertiary/aromatic N) is 4. The lowest BCUT2D eigenvalue weighted by Gasteiger charge is -2.32. The summed E-state index contributed by atoms with van der Waals surface area (Å²) >= 11 is 0. The summed E-state index contributed by atoms with van der Waals surface area (Å²) in [5, 5.41) is 3.56. The minimum absolute atomic E-state index is 0.696. The highest BCUT2D eigenvalue weighted by atomic mass is 15.3. The van der Waals surface area contributed by atoms with E-state index in [0.29, 0.717) is 6.54 Å². The summed E-state index contributed by atoms with van der Waals surface area (Å²) in [5.74, 6) is 2.59. The Bertz CT molecular complexity index is 730. The summed E-state index contributed by atoms with van der Waals surface area (Å²) in [7, 11) is 3.91. The zero-order chi connectivity index (χ0) is 19.8. The summed E-state index contributed by atoms with van der Waals surface area (Å²) < 4.78 is 0. The van der Waals surface area contributed by atoms with Crippen molar-refractivity contribution in [3.63, 3.8) is 0 Å². The monoisotopic (exact) mass is 382 g/mol. The van der Waals surface area contributed by atoms with Crippen molar-refractivity contribution >= 4 is 5.96 Å². The van der Waals surface area contributed by atoms with Crippen molar-refractivity contribution in [2.45, 2.75) is 32.7 Å². The molecule has 1 aromatic heterocycles. The molecule has 1 aliphatic rings. The predicted octanol–water partition coefficient (Wildman–Crippen LogP) is 3.21. The highest BCUT2D eigenvalue weighted by Gasteiger charge is 2.19. The van der Waals surface area contributed by atoms with Crippen LogP contribution in [0.4, 0.5) is 0 Å². The molecule has 0 bridgehead atoms. The number of benzene rings is 1. The van der Waals surface area contributed by atoms with Crippen molar-refractivity contribution in [2.75, 3.05) is 40.3 Å². The summed E-state index contributed by atoms with van der Waals surface area (Å²) in [5.41, 5.74) is 2.20. The molecule has 28 heavy (non-hydrogen) atoms. The Kier molecular flexibility index (Phi) is 7.48. The fourth-order valence-electron chi connectivity index (χ4n) is 3.86. The first-order chi connectivity index (χ1) is 13.7. The highest BCUT2D eigenvalue weighted by Crippen LogP contribution is 2.18. The molecule has 6 heteroatoms. The maximum atomic E-state index is 4.54. The molecule has 0 aliphatic carbocycles. The molecule has 6 nitrogen and oxygen atoms in total. The number of H-pyrrole nitrogens is 1. The van der Waals surface area contributed by atoms with E-state index in [1.807, 2.05) is 31.4 Å². The van der Waals surface area contributed by atoms with Crippen LogP contribution in [0.5, 0.6) is 0 Å². The van der Waals surface area contributed by atoms with Crippen LogP contribution in [0, 0.1) is 5.92 Å². The van der Waals surface area contributed by atoms with E-state index in [4.69, 9.17) is 0 Å². The van der Waals surface area contributed by atoms with E-state index in [-0.39, 0.29) is 0 Å². The molecular weight excluding hydrogens is 348 g/mol. The van der Waals surface area contributed by atoms with Crippen molar-refractivity contribution in [3.8, 4) is 11.3 Å². The molecule has 0 atom stereocenters. The number of likely N-dealkylation sites (tertiary alicyclic amines) is 1. The number of aromatic nitrogens is 2. The van der Waals surface area contributed by atoms with Gasteiger partial charge in [-0.15, -0.1) is 0 Å². The second kappa shape index (κ2) is 10.3. The Labute approximate surface area is 169 Å². The number of hydrogen-bond acceptors (Lipinski definition) is 3. The van der Waals surface area contributed by atoms with Gasteiger partial charge < -0.3 is 20.1 Å². The molecule has 0 amide bonds. The molecule has 0 radical (unpaired) electrons. The van der Waals surface area contributed by atoms with Gasteiger partial charge in [-0.05, 0) is 50.4 Å². The van der Waals surface area contributed by atoms with Gasteiger partial charge in [-0.1, -0.05) is 37.3 Å². The van der Waals surface area contributed by atoms with Crippen LogP contribution in [0.25, 0.3) is 11.3 Å². The van der Waals surface area contributed by atoms with Crippen molar-refractivity contribution in [1.29, 1.82) is 0 Å². The van der Waals surface area contributed by atoms with Gasteiger partial charge in [0.25, 0.3) is 0 Å². The minimum atomic E-state index is 0.696. The molecule has 2 heterocycles. The van der Waals surface area contributed by atoms with E-state index < -0.39 is 0 Å². The summed E-state index contributed by atoms with van der Waals surface area (Å²) in [6.45, 7) is 7.63. The van der Waals surface area contributed by atoms with E-state index in [0.717, 1.165) is 35.5 Å². The van der Waals surface area contributed by atoms with Crippen LogP contribution in [0.3, 0.4) is 0 Å². The third-order valence-electron chi connectivity index (χ3n) is 5.47. The second-order valence-electron chi connectivity index (χ2n) is 7.68. The zero-order valence-corrected chi connectivity index (χ0v) is 17.5. The maximum Gasteiger partial charge on any atom is 0.193 e. The van der Waals surface area contributed by atoms with Gasteiger partial charge in [-0.2, -0.15) is 0 Å². The molecule has 0 spiro atoms. The molecule has 3 rings (SSSR count). The van der Waals surface area contributed by atoms with Crippen molar-refractivity contribution in [2.24, 2.45) is 10.9 Å². The van der Waals surface area contributed by atoms with Crippen molar-refractivity contribution in [3.05, 3.63) is 42.4 Å². The number of piperidine rings is 1. The predicted molar refractivity (Wildman–Crippen MR) is 116 cm³/mol. The largest absolute Gasteiger partial charge is 0.356 e. The van der Waals surface area contributed by atoms with E-state index in [1.165, 1.54) is 38.9 Å². The van der Waals surface area contributed by atoms with Crippen LogP contribution in [0.2, 0.25) is 0 Å². The van der Waals surface area contributed by atoms with Crippen LogP contribution in [0.1, 0.15) is 32.0 Å². The van der Waals surface area contributed by atoms with Gasteiger partial charge in [0.2, 0.25) is 0 Å². The molecule has 1 saturated heterocycles. The van der Waals surface area contributed by atoms with Crippen LogP contribution in [-0.4, -0.2) is 66.0 Å². The van der Waals surface area contributed by atoms with Gasteiger partial charge in [-0.25, -0.2) is 4.98 Å². The molecular formula is C22H34N6. The highest BCUT2D eigenvalue weighted by molar-refractivity contribution is 5.79. The first-order valence-corrected chi connectivity index (χ1v) is 10.4. The fraction of sp³-hybridized carbons (Fsp3) is 0.545. The third kappa shape index (κ3) is 5.58. The van der Waals surface area contributed by atoms with Gasteiger partial charge in [-0.3, -0.25) is 4.99 Å². The number of hydrogen-bond donors (Lipinski definition) is 2. The number of rotatable bonds is 7. The van der Waals surface area contributed by atoms with Crippen LogP contribution < -0.4 is 5.32 Å². The SMILES string of the molecule is CCCN1CCC(CNC(=NC)N(C)Cc2ncc(-c3ccccc3)[nH]2)CC1. The van der Waals surface area contributed by atoms with Gasteiger partial charge in [0, 0.05) is 20.6 Å². The zero-order valence-electron chi connectivity index (χ0n) is 17.5. The number of aromatic amines is 1. The van der Waals surface area contributed by atoms with Crippen molar-refractivity contribution in [1.82, 2.24) is 25.1 Å². The minimum Gasteiger partial charge on any atom is -0.356 e. The number of guanidine groups is 1. The lowest BCUT2D eigenvalue weighted by molar-refractivity contribution is 0.185. The maximum absolute atomic E-state index is 4.54. The Morgan fingerprint density at radius 1 is 1.29 bits per heavy atom. The quantitative estimate of drug-likeness (QED) is 0.570. The molecule has 1 aliphatic heterocycles. The third-order valence-corrected chi connectivity index (χ3v) is 5.47. The molecule has 0 unspecified atom stereocenters. The van der Waals surface area contributed by atoms with Crippen LogP contribution in [-0.2, 0) is 6.54 Å². The Morgan fingerprint density at radius 3 is 2.71 bits per heavy atom. The van der Waals surface area contributed by atoms with Crippen molar-refractivity contribution < 1.29 is 0 Å². The van der Waals surface area contributed by atoms with Gasteiger partial charge in [0.05, 0.1) is 18.4 Å². The standard InChI is InChI=1S/C22H34N6/c1-4-12-28-13-10-18(11-14-28)15-25-22(23-2)27(3)17-21-24-16-20(26-21)19-8-6-5-7-9-19/h5-9,16,18H,4,10-15,17H2,1-3H3,(H,23,25)(H,24,26). The second-order valence-corrected chi connectivity index (χ2v) is 7.68. The normalized spacial score (nSPS) is 16.3. The number of nitrogens with one attached hydrogen (secondary N) is 2. The number of imidazole rings is 1. The summed E-state index contributed by atoms with van der Waals surface area (Å²) in [4.78, 5) is 17.1. The van der Waals surface area contributed by atoms with Crippen LogP contribution >= 0.6 is 0 Å². The fourth-order valence-corrected chi connectivity index (χ4v) is 3.86. The van der Waals surface area contributed by atoms with Gasteiger partial charge >= 0.3 is 0 Å². The molecule has 1 fully saturated rings. The van der Waals surface area contributed by atoms with Gasteiger partial charge in [0.1, 0.15) is 5.82 Å². The Morgan fingerprint density at radius 2 is 2.04 bits per heavy atom. The molecule has 0 saturated carbocycles. The topological polar surface area (TPSA) is 59.5 Å². The molecule has 2 aromatic rings. The summed E-state index contributed by atoms with van der Waals surface area (Å²) in [6.07, 6.45) is 5.69. The average Bonchev–Trinajstić information content (AvgIpc) is 3.19. The Balaban J connectivity index is 1.48. The molecule has 152 valence electrons. The summed E-state index contributed by atoms with van der Waals surface area (Å²) in [6, 6.07) is 10.3. The molecule has 2 N–H and O–H groups in total. The lowest BCUT2D eigenvalue weighted by Crippen LogP contribution is -2.43. The van der Waals surface area contributed by atoms with E-state index in [2.05, 4.69) is 56.2 Å². The lowest BCUT2D eigenvalue weighted by atomic mass is 9.97. The average molecular weight is 383 g/mol. The molecule has 1 aromatic carbocycles. The van der Waals surface area contributed by atoms with E-state index in [1.54, 1.807) is 0 Å². The number of aliphatic imine (C=N–C) groups is 1. The smallest absolute Gasteiger partial charge is 0.193 e. The Hall–Kier alpha value is -2.34. The van der Waals surface area contributed by atoms with Gasteiger partial charge in [0.15, 0.2) is 5.96 Å². The van der Waals surface area contributed by atoms with Crippen LogP contribution in [0.15, 0.2) is 41.5 Å². The first kappa shape index (κ1) is 20.4.